The van der Waals surface area contributed by atoms with Gasteiger partial charge in [-0.1, -0.05) is 12.1 Å². The maximum absolute atomic E-state index is 13.0. The van der Waals surface area contributed by atoms with Crippen LogP contribution >= 0.6 is 0 Å². The second kappa shape index (κ2) is 8.31. The largest absolute Gasteiger partial charge is 0.508 e. The topological polar surface area (TPSA) is 57.9 Å². The summed E-state index contributed by atoms with van der Waals surface area (Å²) in [6, 6.07) is 13.6. The quantitative estimate of drug-likeness (QED) is 0.694. The molecule has 2 heterocycles. The molecule has 0 bridgehead atoms. The van der Waals surface area contributed by atoms with E-state index in [-0.39, 0.29) is 17.4 Å². The van der Waals surface area contributed by atoms with E-state index in [4.69, 9.17) is 0 Å². The van der Waals surface area contributed by atoms with E-state index >= 15 is 0 Å². The molecule has 1 aliphatic rings. The number of ether oxygens (including phenoxy) is 1. The minimum Gasteiger partial charge on any atom is -0.508 e. The van der Waals surface area contributed by atoms with Gasteiger partial charge in [0.1, 0.15) is 17.2 Å². The van der Waals surface area contributed by atoms with Gasteiger partial charge in [0.2, 0.25) is 0 Å². The Morgan fingerprint density at radius 2 is 1.77 bits per heavy atom. The first-order chi connectivity index (χ1) is 14.4. The molecule has 158 valence electrons. The van der Waals surface area contributed by atoms with E-state index in [9.17, 15) is 18.7 Å². The van der Waals surface area contributed by atoms with Crippen LogP contribution in [0.25, 0.3) is 10.9 Å². The van der Waals surface area contributed by atoms with Gasteiger partial charge in [0, 0.05) is 51.2 Å². The Morgan fingerprint density at radius 3 is 2.43 bits per heavy atom. The molecule has 4 rings (SSSR count). The van der Waals surface area contributed by atoms with Crippen LogP contribution in [-0.4, -0.2) is 58.2 Å². The Hall–Kier alpha value is -3.13. The van der Waals surface area contributed by atoms with Crippen molar-refractivity contribution < 1.29 is 23.4 Å². The number of aromatic nitrogens is 1. The van der Waals surface area contributed by atoms with Gasteiger partial charge in [-0.3, -0.25) is 9.69 Å². The second-order valence-electron chi connectivity index (χ2n) is 7.42. The molecule has 0 atom stereocenters. The Bertz CT molecular complexity index is 1040. The lowest BCUT2D eigenvalue weighted by Crippen LogP contribution is -2.48. The number of phenols is 1. The number of amides is 1. The number of phenolic OH excluding ortho intramolecular Hbond substituents is 1. The van der Waals surface area contributed by atoms with E-state index in [0.717, 1.165) is 29.6 Å². The van der Waals surface area contributed by atoms with Gasteiger partial charge in [-0.25, -0.2) is 0 Å². The molecule has 0 radical (unpaired) electrons. The van der Waals surface area contributed by atoms with Crippen molar-refractivity contribution in [2.24, 2.45) is 7.05 Å². The van der Waals surface area contributed by atoms with E-state index in [1.807, 2.05) is 22.6 Å². The fourth-order valence-corrected chi connectivity index (χ4v) is 3.83. The van der Waals surface area contributed by atoms with Crippen LogP contribution in [0, 0.1) is 0 Å². The first kappa shape index (κ1) is 20.2. The highest BCUT2D eigenvalue weighted by molar-refractivity contribution is 5.99. The summed E-state index contributed by atoms with van der Waals surface area (Å²) in [4.78, 5) is 17.1. The number of aryl methyl sites for hydroxylation is 1. The molecule has 30 heavy (non-hydrogen) atoms. The average Bonchev–Trinajstić information content (AvgIpc) is 3.05. The van der Waals surface area contributed by atoms with Crippen LogP contribution in [0.3, 0.4) is 0 Å². The Labute approximate surface area is 172 Å². The first-order valence-corrected chi connectivity index (χ1v) is 9.74. The van der Waals surface area contributed by atoms with E-state index in [1.165, 1.54) is 0 Å². The highest BCUT2D eigenvalue weighted by Gasteiger charge is 2.24. The first-order valence-electron chi connectivity index (χ1n) is 9.74. The van der Waals surface area contributed by atoms with Crippen molar-refractivity contribution in [1.82, 2.24) is 14.4 Å². The van der Waals surface area contributed by atoms with Crippen molar-refractivity contribution in [2.45, 2.75) is 13.2 Å². The second-order valence-corrected chi connectivity index (χ2v) is 7.42. The van der Waals surface area contributed by atoms with Crippen molar-refractivity contribution in [3.05, 3.63) is 59.8 Å². The molecule has 0 aliphatic carbocycles. The summed E-state index contributed by atoms with van der Waals surface area (Å²) < 4.78 is 30.7. The highest BCUT2D eigenvalue weighted by atomic mass is 19.3. The zero-order valence-electron chi connectivity index (χ0n) is 16.6. The van der Waals surface area contributed by atoms with E-state index in [0.29, 0.717) is 25.3 Å². The van der Waals surface area contributed by atoms with Gasteiger partial charge in [-0.2, -0.15) is 8.78 Å². The number of carbonyl (C=O) groups is 1. The Kier molecular flexibility index (Phi) is 5.59. The number of nitrogens with zero attached hydrogens (tertiary/aromatic N) is 3. The van der Waals surface area contributed by atoms with E-state index in [2.05, 4.69) is 9.64 Å². The van der Waals surface area contributed by atoms with Gasteiger partial charge in [0.25, 0.3) is 5.91 Å². The number of benzene rings is 2. The molecule has 8 heteroatoms. The van der Waals surface area contributed by atoms with Crippen LogP contribution in [0.2, 0.25) is 0 Å². The molecule has 1 fully saturated rings. The van der Waals surface area contributed by atoms with Crippen LogP contribution in [0.4, 0.5) is 8.78 Å². The van der Waals surface area contributed by atoms with Crippen molar-refractivity contribution >= 4 is 16.8 Å². The smallest absolute Gasteiger partial charge is 0.387 e. The minimum atomic E-state index is -2.83. The predicted molar refractivity (Wildman–Crippen MR) is 109 cm³/mol. The number of fused-ring (bicyclic) bond motifs is 1. The summed E-state index contributed by atoms with van der Waals surface area (Å²) in [5, 5.41) is 10.6. The van der Waals surface area contributed by atoms with Crippen LogP contribution in [-0.2, 0) is 13.6 Å². The summed E-state index contributed by atoms with van der Waals surface area (Å²) in [6.45, 7) is 0.534. The normalized spacial score (nSPS) is 15.1. The Morgan fingerprint density at radius 1 is 1.07 bits per heavy atom. The lowest BCUT2D eigenvalue weighted by Gasteiger charge is -2.34. The maximum Gasteiger partial charge on any atom is 0.387 e. The number of halogens is 2. The number of hydrogen-bond acceptors (Lipinski definition) is 4. The summed E-state index contributed by atoms with van der Waals surface area (Å²) >= 11 is 0. The molecule has 0 saturated carbocycles. The molecule has 1 amide bonds. The van der Waals surface area contributed by atoms with E-state index in [1.54, 1.807) is 42.5 Å². The molecule has 2 aromatic carbocycles. The SMILES string of the molecule is Cn1c(C(=O)N2CCN(Cc3ccc(OC(F)F)cc3)CC2)cc2ccc(O)cc21. The summed E-state index contributed by atoms with van der Waals surface area (Å²) in [5.74, 6) is 0.291. The molecular weight excluding hydrogens is 392 g/mol. The van der Waals surface area contributed by atoms with Crippen molar-refractivity contribution in [3.63, 3.8) is 0 Å². The third kappa shape index (κ3) is 4.23. The number of aromatic hydroxyl groups is 1. The standard InChI is InChI=1S/C22H23F2N3O3/c1-25-19-13-17(28)5-4-16(19)12-20(25)21(29)27-10-8-26(9-11-27)14-15-2-6-18(7-3-15)30-22(23)24/h2-7,12-13,22,28H,8-11,14H2,1H3. The number of alkyl halides is 2. The van der Waals surface area contributed by atoms with E-state index < -0.39 is 6.61 Å². The molecule has 1 N–H and O–H groups in total. The molecule has 1 aromatic heterocycles. The summed E-state index contributed by atoms with van der Waals surface area (Å²) in [7, 11) is 1.83. The van der Waals surface area contributed by atoms with Crippen LogP contribution in [0.1, 0.15) is 16.1 Å². The zero-order valence-corrected chi connectivity index (χ0v) is 16.6. The molecular formula is C22H23F2N3O3. The number of piperazine rings is 1. The molecule has 3 aromatic rings. The van der Waals surface area contributed by atoms with Gasteiger partial charge < -0.3 is 19.3 Å². The zero-order chi connectivity index (χ0) is 21.3. The molecule has 0 unspecified atom stereocenters. The fraction of sp³-hybridized carbons (Fsp3) is 0.318. The third-order valence-electron chi connectivity index (χ3n) is 5.46. The maximum atomic E-state index is 13.0. The molecule has 6 nitrogen and oxygen atoms in total. The Balaban J connectivity index is 1.36. The van der Waals surface area contributed by atoms with Crippen molar-refractivity contribution in [3.8, 4) is 11.5 Å². The van der Waals surface area contributed by atoms with Crippen LogP contribution < -0.4 is 4.74 Å². The molecule has 1 aliphatic heterocycles. The van der Waals surface area contributed by atoms with Gasteiger partial charge in [0.15, 0.2) is 0 Å². The average molecular weight is 415 g/mol. The van der Waals surface area contributed by atoms with Gasteiger partial charge >= 0.3 is 6.61 Å². The van der Waals surface area contributed by atoms with Crippen LogP contribution in [0.5, 0.6) is 11.5 Å². The molecule has 1 saturated heterocycles. The fourth-order valence-electron chi connectivity index (χ4n) is 3.83. The van der Waals surface area contributed by atoms with Crippen molar-refractivity contribution in [1.29, 1.82) is 0 Å². The van der Waals surface area contributed by atoms with Gasteiger partial charge in [0.05, 0.1) is 5.52 Å². The van der Waals surface area contributed by atoms with Gasteiger partial charge in [-0.15, -0.1) is 0 Å². The van der Waals surface area contributed by atoms with Crippen molar-refractivity contribution in [2.75, 3.05) is 26.2 Å². The lowest BCUT2D eigenvalue weighted by molar-refractivity contribution is -0.0498. The minimum absolute atomic E-state index is 0.0265. The lowest BCUT2D eigenvalue weighted by atomic mass is 10.2. The summed E-state index contributed by atoms with van der Waals surface area (Å²) in [5.41, 5.74) is 2.42. The monoisotopic (exact) mass is 415 g/mol. The molecule has 0 spiro atoms. The predicted octanol–water partition coefficient (Wildman–Crippen LogP) is 3.44. The number of rotatable bonds is 5. The third-order valence-corrected chi connectivity index (χ3v) is 5.46. The van der Waals surface area contributed by atoms with Gasteiger partial charge in [-0.05, 0) is 35.9 Å². The van der Waals surface area contributed by atoms with Crippen LogP contribution in [0.15, 0.2) is 48.5 Å². The number of carbonyl (C=O) groups excluding carboxylic acids is 1. The summed E-state index contributed by atoms with van der Waals surface area (Å²) in [6.07, 6.45) is 0. The number of hydrogen-bond donors (Lipinski definition) is 1. The highest BCUT2D eigenvalue weighted by Crippen LogP contribution is 2.24.